The third-order valence-corrected chi connectivity index (χ3v) is 6.83. The van der Waals surface area contributed by atoms with Gasteiger partial charge in [-0.2, -0.15) is 5.10 Å². The molecule has 0 radical (unpaired) electrons. The number of carbonyl (C=O) groups is 2. The van der Waals surface area contributed by atoms with E-state index in [9.17, 15) is 9.59 Å². The van der Waals surface area contributed by atoms with Gasteiger partial charge >= 0.3 is 0 Å². The minimum Gasteiger partial charge on any atom is -0.329 e. The summed E-state index contributed by atoms with van der Waals surface area (Å²) in [6, 6.07) is 14.2. The number of halogens is 3. The maximum absolute atomic E-state index is 13.2. The SMILES string of the molecule is CCCCN(CC(=O)Nc1cc(C(C)(C)C)nn1-c1ccc(Cl)c(Cl)c1)C(=O)c1ccccc1Br. The number of anilines is 1. The van der Waals surface area contributed by atoms with Crippen molar-refractivity contribution in [3.63, 3.8) is 0 Å². The van der Waals surface area contributed by atoms with E-state index in [4.69, 9.17) is 28.3 Å². The van der Waals surface area contributed by atoms with Crippen LogP contribution in [0.1, 0.15) is 56.6 Å². The zero-order valence-electron chi connectivity index (χ0n) is 20.2. The zero-order chi connectivity index (χ0) is 25.8. The van der Waals surface area contributed by atoms with Crippen molar-refractivity contribution in [2.45, 2.75) is 46.0 Å². The molecule has 0 spiro atoms. The van der Waals surface area contributed by atoms with E-state index in [0.717, 1.165) is 18.5 Å². The summed E-state index contributed by atoms with van der Waals surface area (Å²) in [4.78, 5) is 28.0. The monoisotopic (exact) mass is 578 g/mol. The van der Waals surface area contributed by atoms with Gasteiger partial charge in [-0.15, -0.1) is 0 Å². The van der Waals surface area contributed by atoms with E-state index in [2.05, 4.69) is 21.2 Å². The Morgan fingerprint density at radius 3 is 2.43 bits per heavy atom. The largest absolute Gasteiger partial charge is 0.329 e. The molecular formula is C26H29BrCl2N4O2. The molecule has 2 amide bonds. The fraction of sp³-hybridized carbons (Fsp3) is 0.346. The van der Waals surface area contributed by atoms with Crippen LogP contribution in [-0.4, -0.2) is 39.6 Å². The zero-order valence-corrected chi connectivity index (χ0v) is 23.3. The standard InChI is InChI=1S/C26H29BrCl2N4O2/c1-5-6-13-32(25(35)18-9-7-8-10-19(18)27)16-24(34)30-23-15-22(26(2,3)4)31-33(23)17-11-12-20(28)21(29)14-17/h7-12,14-15H,5-6,13,16H2,1-4H3,(H,30,34). The first-order valence-electron chi connectivity index (χ1n) is 11.4. The second kappa shape index (κ2) is 11.6. The maximum Gasteiger partial charge on any atom is 0.255 e. The van der Waals surface area contributed by atoms with Crippen molar-refractivity contribution >= 4 is 56.8 Å². The van der Waals surface area contributed by atoms with E-state index in [1.54, 1.807) is 39.9 Å². The van der Waals surface area contributed by atoms with E-state index >= 15 is 0 Å². The van der Waals surface area contributed by atoms with Gasteiger partial charge in [0.05, 0.1) is 27.0 Å². The van der Waals surface area contributed by atoms with E-state index < -0.39 is 0 Å². The van der Waals surface area contributed by atoms with Crippen molar-refractivity contribution in [3.05, 3.63) is 74.3 Å². The minimum atomic E-state index is -0.317. The van der Waals surface area contributed by atoms with Gasteiger partial charge in [-0.25, -0.2) is 4.68 Å². The third-order valence-electron chi connectivity index (χ3n) is 5.40. The topological polar surface area (TPSA) is 67.2 Å². The summed E-state index contributed by atoms with van der Waals surface area (Å²) in [6.45, 7) is 8.57. The lowest BCUT2D eigenvalue weighted by Crippen LogP contribution is -2.39. The van der Waals surface area contributed by atoms with Crippen molar-refractivity contribution in [2.24, 2.45) is 0 Å². The average Bonchev–Trinajstić information content (AvgIpc) is 3.22. The Labute approximate surface area is 224 Å². The first-order chi connectivity index (χ1) is 16.5. The number of nitrogens with zero attached hydrogens (tertiary/aromatic N) is 3. The molecule has 9 heteroatoms. The molecule has 0 aliphatic carbocycles. The molecule has 3 rings (SSSR count). The predicted molar refractivity (Wildman–Crippen MR) is 146 cm³/mol. The summed E-state index contributed by atoms with van der Waals surface area (Å²) in [5.41, 5.74) is 1.74. The lowest BCUT2D eigenvalue weighted by Gasteiger charge is -2.23. The van der Waals surface area contributed by atoms with Crippen LogP contribution >= 0.6 is 39.1 Å². The third kappa shape index (κ3) is 6.87. The fourth-order valence-electron chi connectivity index (χ4n) is 3.41. The van der Waals surface area contributed by atoms with Gasteiger partial charge in [-0.05, 0) is 52.7 Å². The van der Waals surface area contributed by atoms with Crippen molar-refractivity contribution in [1.29, 1.82) is 0 Å². The molecular weight excluding hydrogens is 551 g/mol. The van der Waals surface area contributed by atoms with Crippen LogP contribution in [0.25, 0.3) is 5.69 Å². The van der Waals surface area contributed by atoms with Gasteiger partial charge in [-0.3, -0.25) is 9.59 Å². The van der Waals surface area contributed by atoms with Gasteiger partial charge < -0.3 is 10.2 Å². The van der Waals surface area contributed by atoms with Gasteiger partial charge in [-0.1, -0.05) is 69.5 Å². The van der Waals surface area contributed by atoms with Gasteiger partial charge in [0.15, 0.2) is 0 Å². The van der Waals surface area contributed by atoms with E-state index in [1.165, 1.54) is 0 Å². The number of aromatic nitrogens is 2. The molecule has 0 unspecified atom stereocenters. The van der Waals surface area contributed by atoms with Crippen molar-refractivity contribution in [3.8, 4) is 5.69 Å². The summed E-state index contributed by atoms with van der Waals surface area (Å²) >= 11 is 15.8. The maximum atomic E-state index is 13.2. The predicted octanol–water partition coefficient (Wildman–Crippen LogP) is 7.12. The number of nitrogens with one attached hydrogen (secondary N) is 1. The molecule has 0 saturated heterocycles. The fourth-order valence-corrected chi connectivity index (χ4v) is 4.16. The smallest absolute Gasteiger partial charge is 0.255 e. The van der Waals surface area contributed by atoms with E-state index in [-0.39, 0.29) is 23.8 Å². The molecule has 186 valence electrons. The molecule has 1 heterocycles. The van der Waals surface area contributed by atoms with Gasteiger partial charge in [0.2, 0.25) is 5.91 Å². The lowest BCUT2D eigenvalue weighted by molar-refractivity contribution is -0.117. The van der Waals surface area contributed by atoms with Crippen molar-refractivity contribution in [2.75, 3.05) is 18.4 Å². The van der Waals surface area contributed by atoms with E-state index in [0.29, 0.717) is 38.1 Å². The summed E-state index contributed by atoms with van der Waals surface area (Å²) in [5, 5.41) is 8.48. The molecule has 3 aromatic rings. The molecule has 1 N–H and O–H groups in total. The van der Waals surface area contributed by atoms with Crippen molar-refractivity contribution in [1.82, 2.24) is 14.7 Å². The van der Waals surface area contributed by atoms with Crippen LogP contribution in [0.5, 0.6) is 0 Å². The van der Waals surface area contributed by atoms with Crippen LogP contribution in [0.4, 0.5) is 5.82 Å². The Bertz CT molecular complexity index is 1220. The second-order valence-electron chi connectivity index (χ2n) is 9.28. The summed E-state index contributed by atoms with van der Waals surface area (Å²) in [6.07, 6.45) is 1.69. The Morgan fingerprint density at radius 2 is 1.80 bits per heavy atom. The average molecular weight is 580 g/mol. The van der Waals surface area contributed by atoms with Crippen LogP contribution in [0.3, 0.4) is 0 Å². The Kier molecular flexibility index (Phi) is 9.02. The van der Waals surface area contributed by atoms with Crippen LogP contribution in [0, 0.1) is 0 Å². The number of hydrogen-bond acceptors (Lipinski definition) is 3. The molecule has 6 nitrogen and oxygen atoms in total. The highest BCUT2D eigenvalue weighted by atomic mass is 79.9. The summed E-state index contributed by atoms with van der Waals surface area (Å²) in [7, 11) is 0. The molecule has 1 aromatic heterocycles. The molecule has 0 saturated carbocycles. The molecule has 0 atom stereocenters. The lowest BCUT2D eigenvalue weighted by atomic mass is 9.92. The van der Waals surface area contributed by atoms with Crippen molar-refractivity contribution < 1.29 is 9.59 Å². The second-order valence-corrected chi connectivity index (χ2v) is 11.0. The Balaban J connectivity index is 1.89. The van der Waals surface area contributed by atoms with Gasteiger partial charge in [0.25, 0.3) is 5.91 Å². The number of benzene rings is 2. The first-order valence-corrected chi connectivity index (χ1v) is 13.0. The number of carbonyl (C=O) groups excluding carboxylic acids is 2. The highest BCUT2D eigenvalue weighted by Gasteiger charge is 2.24. The normalized spacial score (nSPS) is 11.4. The molecule has 0 aliphatic rings. The Morgan fingerprint density at radius 1 is 1.09 bits per heavy atom. The minimum absolute atomic E-state index is 0.0857. The summed E-state index contributed by atoms with van der Waals surface area (Å²) < 4.78 is 2.33. The van der Waals surface area contributed by atoms with Gasteiger partial charge in [0, 0.05) is 22.5 Å². The number of rotatable bonds is 8. The molecule has 0 fully saturated rings. The molecule has 0 bridgehead atoms. The van der Waals surface area contributed by atoms with Crippen LogP contribution in [-0.2, 0) is 10.2 Å². The van der Waals surface area contributed by atoms with E-state index in [1.807, 2.05) is 45.9 Å². The van der Waals surface area contributed by atoms with Crippen LogP contribution in [0.2, 0.25) is 10.0 Å². The molecule has 2 aromatic carbocycles. The Hall–Kier alpha value is -2.35. The quantitative estimate of drug-likeness (QED) is 0.309. The number of unbranched alkanes of at least 4 members (excludes halogenated alkanes) is 1. The molecule has 35 heavy (non-hydrogen) atoms. The first kappa shape index (κ1) is 27.2. The van der Waals surface area contributed by atoms with Crippen LogP contribution < -0.4 is 5.32 Å². The highest BCUT2D eigenvalue weighted by Crippen LogP contribution is 2.29. The van der Waals surface area contributed by atoms with Gasteiger partial charge in [0.1, 0.15) is 12.4 Å². The highest BCUT2D eigenvalue weighted by molar-refractivity contribution is 9.10. The number of amides is 2. The summed E-state index contributed by atoms with van der Waals surface area (Å²) in [5.74, 6) is -0.0280. The number of hydrogen-bond donors (Lipinski definition) is 1. The molecule has 0 aliphatic heterocycles. The van der Waals surface area contributed by atoms with Crippen LogP contribution in [0.15, 0.2) is 53.0 Å².